The summed E-state index contributed by atoms with van der Waals surface area (Å²) in [6.45, 7) is 0.301. The molecule has 0 bridgehead atoms. The molecule has 2 aromatic rings. The number of hydrogen-bond donors (Lipinski definition) is 1. The molecule has 35 heavy (non-hydrogen) atoms. The van der Waals surface area contributed by atoms with Crippen LogP contribution in [0.5, 0.6) is 17.2 Å². The maximum Gasteiger partial charge on any atom is 0.220 e. The third-order valence-electron chi connectivity index (χ3n) is 6.14. The van der Waals surface area contributed by atoms with Crippen molar-refractivity contribution in [2.75, 3.05) is 40.6 Å². The van der Waals surface area contributed by atoms with Crippen LogP contribution in [0.15, 0.2) is 27.9 Å². The molecule has 3 rings (SSSR count). The highest BCUT2D eigenvalue weighted by Crippen LogP contribution is 2.52. The van der Waals surface area contributed by atoms with Gasteiger partial charge in [0.05, 0.1) is 38.9 Å². The van der Waals surface area contributed by atoms with Crippen molar-refractivity contribution in [2.24, 2.45) is 0 Å². The van der Waals surface area contributed by atoms with Gasteiger partial charge in [-0.15, -0.1) is 23.4 Å². The van der Waals surface area contributed by atoms with Crippen LogP contribution in [0, 0.1) is 0 Å². The van der Waals surface area contributed by atoms with Crippen LogP contribution in [0.25, 0.3) is 11.1 Å². The second-order valence-electron chi connectivity index (χ2n) is 8.10. The van der Waals surface area contributed by atoms with Crippen LogP contribution in [-0.2, 0) is 22.6 Å². The SMILES string of the molecule is COCc1c2c(c(OC)c(OC)c1OC)-c1ccc(SC)c(=O)cc1C(NC(=O)CCCCl)CC2. The zero-order valence-corrected chi connectivity index (χ0v) is 22.4. The van der Waals surface area contributed by atoms with Gasteiger partial charge in [0.15, 0.2) is 16.9 Å². The van der Waals surface area contributed by atoms with Crippen molar-refractivity contribution in [1.82, 2.24) is 5.32 Å². The molecular weight excluding hydrogens is 490 g/mol. The van der Waals surface area contributed by atoms with Crippen LogP contribution < -0.4 is 25.0 Å². The molecule has 0 heterocycles. The lowest BCUT2D eigenvalue weighted by molar-refractivity contribution is -0.121. The molecule has 9 heteroatoms. The topological polar surface area (TPSA) is 83.1 Å². The number of hydrogen-bond acceptors (Lipinski definition) is 7. The van der Waals surface area contributed by atoms with Gasteiger partial charge in [0.2, 0.25) is 11.7 Å². The quantitative estimate of drug-likeness (QED) is 0.357. The van der Waals surface area contributed by atoms with E-state index < -0.39 is 0 Å². The van der Waals surface area contributed by atoms with Gasteiger partial charge < -0.3 is 24.3 Å². The van der Waals surface area contributed by atoms with Crippen molar-refractivity contribution >= 4 is 29.3 Å². The summed E-state index contributed by atoms with van der Waals surface area (Å²) in [4.78, 5) is 26.4. The molecule has 1 N–H and O–H groups in total. The van der Waals surface area contributed by atoms with E-state index in [1.807, 2.05) is 18.4 Å². The first kappa shape index (κ1) is 27.2. The van der Waals surface area contributed by atoms with E-state index in [-0.39, 0.29) is 17.4 Å². The molecule has 7 nitrogen and oxygen atoms in total. The van der Waals surface area contributed by atoms with Gasteiger partial charge in [-0.05, 0) is 54.3 Å². The molecule has 0 saturated heterocycles. The normalized spacial score (nSPS) is 14.4. The minimum absolute atomic E-state index is 0.0984. The summed E-state index contributed by atoms with van der Waals surface area (Å²) < 4.78 is 22.9. The Morgan fingerprint density at radius 1 is 1.11 bits per heavy atom. The van der Waals surface area contributed by atoms with Crippen molar-refractivity contribution in [3.05, 3.63) is 45.1 Å². The standard InChI is InChI=1S/C26H32ClNO6S/c1-31-14-18-16-8-10-19(28-22(30)7-6-12-27)17-13-20(29)21(35-5)11-9-15(17)23(16)25(33-3)26(34-4)24(18)32-2/h9,11,13,19H,6-8,10,12,14H2,1-5H3,(H,28,30). The van der Waals surface area contributed by atoms with E-state index in [1.165, 1.54) is 11.8 Å². The van der Waals surface area contributed by atoms with Gasteiger partial charge in [-0.2, -0.15) is 0 Å². The minimum atomic E-state index is -0.368. The average Bonchev–Trinajstić information content (AvgIpc) is 3.11. The van der Waals surface area contributed by atoms with Crippen molar-refractivity contribution in [3.8, 4) is 28.4 Å². The smallest absolute Gasteiger partial charge is 0.220 e. The third kappa shape index (κ3) is 5.55. The lowest BCUT2D eigenvalue weighted by atomic mass is 9.91. The molecule has 0 aromatic heterocycles. The first-order chi connectivity index (χ1) is 16.9. The van der Waals surface area contributed by atoms with E-state index in [2.05, 4.69) is 5.32 Å². The number of carbonyl (C=O) groups is 1. The number of alkyl halides is 1. The van der Waals surface area contributed by atoms with E-state index in [1.54, 1.807) is 34.5 Å². The van der Waals surface area contributed by atoms with E-state index in [0.717, 1.165) is 27.8 Å². The van der Waals surface area contributed by atoms with Crippen LogP contribution >= 0.6 is 23.4 Å². The number of methoxy groups -OCH3 is 4. The lowest BCUT2D eigenvalue weighted by Crippen LogP contribution is -2.29. The van der Waals surface area contributed by atoms with E-state index in [4.69, 9.17) is 30.5 Å². The van der Waals surface area contributed by atoms with Gasteiger partial charge in [0.1, 0.15) is 0 Å². The molecular formula is C26H32ClNO6S. The fraction of sp³-hybridized carbons (Fsp3) is 0.462. The lowest BCUT2D eigenvalue weighted by Gasteiger charge is -2.23. The monoisotopic (exact) mass is 521 g/mol. The molecule has 1 amide bonds. The van der Waals surface area contributed by atoms with Gasteiger partial charge in [-0.25, -0.2) is 0 Å². The summed E-state index contributed by atoms with van der Waals surface area (Å²) in [6, 6.07) is 5.01. The molecule has 0 fully saturated rings. The number of thioether (sulfide) groups is 1. The molecule has 190 valence electrons. The van der Waals surface area contributed by atoms with Gasteiger partial charge in [0.25, 0.3) is 0 Å². The molecule has 0 saturated carbocycles. The van der Waals surface area contributed by atoms with Crippen molar-refractivity contribution in [2.45, 2.75) is 43.2 Å². The molecule has 0 spiro atoms. The molecule has 1 atom stereocenters. The number of amides is 1. The summed E-state index contributed by atoms with van der Waals surface area (Å²) in [6.07, 6.45) is 3.96. The Balaban J connectivity index is 2.38. The van der Waals surface area contributed by atoms with Crippen LogP contribution in [0.3, 0.4) is 0 Å². The van der Waals surface area contributed by atoms with Gasteiger partial charge in [-0.1, -0.05) is 6.07 Å². The molecule has 0 aliphatic heterocycles. The molecule has 1 aliphatic rings. The Morgan fingerprint density at radius 3 is 2.43 bits per heavy atom. The van der Waals surface area contributed by atoms with Crippen molar-refractivity contribution in [3.63, 3.8) is 0 Å². The highest BCUT2D eigenvalue weighted by atomic mass is 35.5. The summed E-state index contributed by atoms with van der Waals surface area (Å²) in [5, 5.41) is 3.13. The number of ether oxygens (including phenoxy) is 4. The average molecular weight is 522 g/mol. The summed E-state index contributed by atoms with van der Waals surface area (Å²) in [7, 11) is 6.36. The maximum atomic E-state index is 13.1. The Kier molecular flexibility index (Phi) is 9.71. The predicted molar refractivity (Wildman–Crippen MR) is 139 cm³/mol. The number of rotatable bonds is 10. The Hall–Kier alpha value is -2.42. The molecule has 1 unspecified atom stereocenters. The molecule has 1 aliphatic carbocycles. The Morgan fingerprint density at radius 2 is 1.83 bits per heavy atom. The van der Waals surface area contributed by atoms with Gasteiger partial charge >= 0.3 is 0 Å². The Bertz CT molecular complexity index is 1140. The minimum Gasteiger partial charge on any atom is -0.492 e. The summed E-state index contributed by atoms with van der Waals surface area (Å²) >= 11 is 7.18. The van der Waals surface area contributed by atoms with Crippen LogP contribution in [-0.4, -0.2) is 46.5 Å². The van der Waals surface area contributed by atoms with Crippen LogP contribution in [0.2, 0.25) is 0 Å². The van der Waals surface area contributed by atoms with E-state index in [9.17, 15) is 9.59 Å². The number of benzene rings is 1. The maximum absolute atomic E-state index is 13.1. The predicted octanol–water partition coefficient (Wildman–Crippen LogP) is 4.73. The fourth-order valence-corrected chi connectivity index (χ4v) is 5.23. The number of halogens is 1. The largest absolute Gasteiger partial charge is 0.492 e. The molecule has 2 aromatic carbocycles. The highest BCUT2D eigenvalue weighted by molar-refractivity contribution is 7.98. The van der Waals surface area contributed by atoms with E-state index in [0.29, 0.717) is 60.3 Å². The fourth-order valence-electron chi connectivity index (χ4n) is 4.63. The molecule has 0 radical (unpaired) electrons. The number of carbonyl (C=O) groups excluding carboxylic acids is 1. The zero-order chi connectivity index (χ0) is 25.5. The van der Waals surface area contributed by atoms with Crippen LogP contribution in [0.1, 0.15) is 42.0 Å². The zero-order valence-electron chi connectivity index (χ0n) is 20.8. The summed E-state index contributed by atoms with van der Waals surface area (Å²) in [5.41, 5.74) is 4.08. The first-order valence-corrected chi connectivity index (χ1v) is 13.1. The number of nitrogens with one attached hydrogen (secondary N) is 1. The first-order valence-electron chi connectivity index (χ1n) is 11.4. The summed E-state index contributed by atoms with van der Waals surface area (Å²) in [5.74, 6) is 1.82. The van der Waals surface area contributed by atoms with Crippen molar-refractivity contribution < 1.29 is 23.7 Å². The van der Waals surface area contributed by atoms with Gasteiger partial charge in [-0.3, -0.25) is 9.59 Å². The Labute approximate surface area is 215 Å². The van der Waals surface area contributed by atoms with E-state index >= 15 is 0 Å². The van der Waals surface area contributed by atoms with Crippen LogP contribution in [0.4, 0.5) is 0 Å². The van der Waals surface area contributed by atoms with Crippen molar-refractivity contribution in [1.29, 1.82) is 0 Å². The number of fused-ring (bicyclic) bond motifs is 3. The second-order valence-corrected chi connectivity index (χ2v) is 9.32. The third-order valence-corrected chi connectivity index (χ3v) is 7.19. The second kappa shape index (κ2) is 12.5. The van der Waals surface area contributed by atoms with Gasteiger partial charge in [0, 0.05) is 30.5 Å². The highest BCUT2D eigenvalue weighted by Gasteiger charge is 2.32.